The minimum Gasteiger partial charge on any atom is -0.339 e. The number of imide groups is 1. The summed E-state index contributed by atoms with van der Waals surface area (Å²) in [5.74, 6) is 0.388. The summed E-state index contributed by atoms with van der Waals surface area (Å²) in [6.07, 6.45) is 0.875. The van der Waals surface area contributed by atoms with E-state index >= 15 is 0 Å². The van der Waals surface area contributed by atoms with Gasteiger partial charge in [0.15, 0.2) is 5.84 Å². The Morgan fingerprint density at radius 2 is 1.83 bits per heavy atom. The third-order valence-electron chi connectivity index (χ3n) is 4.52. The number of rotatable bonds is 2. The zero-order valence-corrected chi connectivity index (χ0v) is 14.7. The van der Waals surface area contributed by atoms with E-state index in [1.54, 1.807) is 5.01 Å². The average Bonchev–Trinajstić information content (AvgIpc) is 2.88. The summed E-state index contributed by atoms with van der Waals surface area (Å²) in [7, 11) is 1.96. The molecular formula is C18H24N4O2. The Bertz CT molecular complexity index is 688. The zero-order valence-electron chi connectivity index (χ0n) is 14.7. The molecule has 0 saturated carbocycles. The van der Waals surface area contributed by atoms with E-state index in [4.69, 9.17) is 0 Å². The molecule has 1 unspecified atom stereocenters. The van der Waals surface area contributed by atoms with Gasteiger partial charge < -0.3 is 4.90 Å². The van der Waals surface area contributed by atoms with E-state index < -0.39 is 0 Å². The number of amides is 2. The van der Waals surface area contributed by atoms with Crippen LogP contribution in [0.4, 0.5) is 0 Å². The molecule has 1 aromatic rings. The second kappa shape index (κ2) is 5.92. The molecule has 1 fully saturated rings. The van der Waals surface area contributed by atoms with Crippen LogP contribution in [0.5, 0.6) is 0 Å². The first-order valence-electron chi connectivity index (χ1n) is 8.27. The SMILES string of the molecule is CN1CN(C2CCC(=O)NC2=O)N=C1c1ccc(C(C)(C)C)cc1. The van der Waals surface area contributed by atoms with Gasteiger partial charge in [0.25, 0.3) is 5.91 Å². The van der Waals surface area contributed by atoms with Crippen LogP contribution in [0.1, 0.15) is 44.7 Å². The van der Waals surface area contributed by atoms with Gasteiger partial charge in [-0.1, -0.05) is 45.0 Å². The van der Waals surface area contributed by atoms with E-state index in [1.165, 1.54) is 5.56 Å². The number of hydrazone groups is 1. The molecule has 2 aliphatic heterocycles. The van der Waals surface area contributed by atoms with E-state index in [9.17, 15) is 9.59 Å². The highest BCUT2D eigenvalue weighted by Crippen LogP contribution is 2.24. The lowest BCUT2D eigenvalue weighted by Crippen LogP contribution is -2.51. The quantitative estimate of drug-likeness (QED) is 0.839. The Morgan fingerprint density at radius 3 is 2.42 bits per heavy atom. The summed E-state index contributed by atoms with van der Waals surface area (Å²) in [4.78, 5) is 25.4. The first-order valence-corrected chi connectivity index (χ1v) is 8.27. The highest BCUT2D eigenvalue weighted by molar-refractivity contribution is 6.02. The van der Waals surface area contributed by atoms with Crippen molar-refractivity contribution in [2.45, 2.75) is 45.1 Å². The normalized spacial score (nSPS) is 21.8. The number of carbonyl (C=O) groups excluding carboxylic acids is 2. The number of piperidine rings is 1. The van der Waals surface area contributed by atoms with Gasteiger partial charge in [0, 0.05) is 19.0 Å². The Balaban J connectivity index is 1.81. The van der Waals surface area contributed by atoms with E-state index in [0.29, 0.717) is 19.5 Å². The molecule has 3 rings (SSSR count). The molecule has 6 heteroatoms. The third kappa shape index (κ3) is 3.13. The van der Waals surface area contributed by atoms with Gasteiger partial charge in [0.2, 0.25) is 5.91 Å². The Morgan fingerprint density at radius 1 is 1.17 bits per heavy atom. The van der Waals surface area contributed by atoms with Crippen molar-refractivity contribution in [1.29, 1.82) is 0 Å². The molecule has 0 spiro atoms. The molecule has 0 radical (unpaired) electrons. The molecule has 0 bridgehead atoms. The van der Waals surface area contributed by atoms with Gasteiger partial charge in [-0.2, -0.15) is 5.10 Å². The molecule has 2 heterocycles. The average molecular weight is 328 g/mol. The predicted octanol–water partition coefficient (Wildman–Crippen LogP) is 1.66. The van der Waals surface area contributed by atoms with Crippen molar-refractivity contribution in [3.8, 4) is 0 Å². The van der Waals surface area contributed by atoms with E-state index in [2.05, 4.69) is 55.5 Å². The van der Waals surface area contributed by atoms with Crippen molar-refractivity contribution in [2.24, 2.45) is 5.10 Å². The molecule has 0 aromatic heterocycles. The van der Waals surface area contributed by atoms with Crippen molar-refractivity contribution in [2.75, 3.05) is 13.7 Å². The van der Waals surface area contributed by atoms with Gasteiger partial charge in [-0.25, -0.2) is 0 Å². The monoisotopic (exact) mass is 328 g/mol. The summed E-state index contributed by atoms with van der Waals surface area (Å²) in [5, 5.41) is 8.80. The largest absolute Gasteiger partial charge is 0.339 e. The van der Waals surface area contributed by atoms with Gasteiger partial charge in [0.05, 0.1) is 0 Å². The van der Waals surface area contributed by atoms with Crippen LogP contribution < -0.4 is 5.32 Å². The molecule has 0 aliphatic carbocycles. The standard InChI is InChI=1S/C18H24N4O2/c1-18(2,3)13-7-5-12(6-8-13)16-20-22(11-21(16)4)14-9-10-15(23)19-17(14)24/h5-8,14H,9-11H2,1-4H3,(H,19,23,24). The van der Waals surface area contributed by atoms with Crippen molar-refractivity contribution in [3.63, 3.8) is 0 Å². The van der Waals surface area contributed by atoms with Crippen LogP contribution in [-0.2, 0) is 15.0 Å². The number of nitrogens with zero attached hydrogens (tertiary/aromatic N) is 3. The molecule has 128 valence electrons. The first kappa shape index (κ1) is 16.5. The van der Waals surface area contributed by atoms with Crippen molar-refractivity contribution in [1.82, 2.24) is 15.2 Å². The van der Waals surface area contributed by atoms with Crippen LogP contribution in [0, 0.1) is 0 Å². The maximum absolute atomic E-state index is 12.0. The first-order chi connectivity index (χ1) is 11.3. The number of hydrogen-bond acceptors (Lipinski definition) is 5. The highest BCUT2D eigenvalue weighted by Gasteiger charge is 2.35. The lowest BCUT2D eigenvalue weighted by atomic mass is 9.86. The summed E-state index contributed by atoms with van der Waals surface area (Å²) < 4.78 is 0. The fourth-order valence-electron chi connectivity index (χ4n) is 3.05. The van der Waals surface area contributed by atoms with Gasteiger partial charge in [-0.05, 0) is 17.4 Å². The predicted molar refractivity (Wildman–Crippen MR) is 92.3 cm³/mol. The van der Waals surface area contributed by atoms with E-state index in [-0.39, 0.29) is 23.3 Å². The van der Waals surface area contributed by atoms with E-state index in [1.807, 2.05) is 11.9 Å². The van der Waals surface area contributed by atoms with E-state index in [0.717, 1.165) is 11.4 Å². The number of carbonyl (C=O) groups is 2. The molecular weight excluding hydrogens is 304 g/mol. The molecule has 1 N–H and O–H groups in total. The summed E-state index contributed by atoms with van der Waals surface area (Å²) >= 11 is 0. The molecule has 2 amide bonds. The number of nitrogens with one attached hydrogen (secondary N) is 1. The highest BCUT2D eigenvalue weighted by atomic mass is 16.2. The van der Waals surface area contributed by atoms with Crippen LogP contribution in [-0.4, -0.2) is 47.3 Å². The van der Waals surface area contributed by atoms with Gasteiger partial charge in [0.1, 0.15) is 12.7 Å². The third-order valence-corrected chi connectivity index (χ3v) is 4.52. The van der Waals surface area contributed by atoms with Gasteiger partial charge in [-0.15, -0.1) is 0 Å². The van der Waals surface area contributed by atoms with Crippen molar-refractivity contribution >= 4 is 17.6 Å². The number of amidine groups is 1. The van der Waals surface area contributed by atoms with Gasteiger partial charge in [-0.3, -0.25) is 19.9 Å². The number of benzene rings is 1. The Hall–Kier alpha value is -2.37. The Kier molecular flexibility index (Phi) is 4.07. The minimum absolute atomic E-state index is 0.112. The topological polar surface area (TPSA) is 65.0 Å². The van der Waals surface area contributed by atoms with Crippen LogP contribution >= 0.6 is 0 Å². The van der Waals surface area contributed by atoms with Crippen LogP contribution in [0.15, 0.2) is 29.4 Å². The Labute approximate surface area is 142 Å². The molecule has 6 nitrogen and oxygen atoms in total. The van der Waals surface area contributed by atoms with Crippen LogP contribution in [0.25, 0.3) is 0 Å². The smallest absolute Gasteiger partial charge is 0.251 e. The van der Waals surface area contributed by atoms with Crippen molar-refractivity contribution < 1.29 is 9.59 Å². The zero-order chi connectivity index (χ0) is 17.5. The summed E-state index contributed by atoms with van der Waals surface area (Å²) in [6, 6.07) is 8.02. The second-order valence-electron chi connectivity index (χ2n) is 7.50. The lowest BCUT2D eigenvalue weighted by Gasteiger charge is -2.28. The minimum atomic E-state index is -0.378. The molecule has 2 aliphatic rings. The second-order valence-corrected chi connectivity index (χ2v) is 7.50. The van der Waals surface area contributed by atoms with Crippen LogP contribution in [0.2, 0.25) is 0 Å². The fourth-order valence-corrected chi connectivity index (χ4v) is 3.05. The molecule has 1 aromatic carbocycles. The molecule has 1 atom stereocenters. The molecule has 24 heavy (non-hydrogen) atoms. The maximum Gasteiger partial charge on any atom is 0.251 e. The number of hydrogen-bond donors (Lipinski definition) is 1. The fraction of sp³-hybridized carbons (Fsp3) is 0.500. The van der Waals surface area contributed by atoms with Gasteiger partial charge >= 0.3 is 0 Å². The summed E-state index contributed by atoms with van der Waals surface area (Å²) in [5.41, 5.74) is 2.41. The van der Waals surface area contributed by atoms with Crippen LogP contribution in [0.3, 0.4) is 0 Å². The summed E-state index contributed by atoms with van der Waals surface area (Å²) in [6.45, 7) is 7.10. The maximum atomic E-state index is 12.0. The lowest BCUT2D eigenvalue weighted by molar-refractivity contribution is -0.137. The van der Waals surface area contributed by atoms with Crippen molar-refractivity contribution in [3.05, 3.63) is 35.4 Å². The molecule has 1 saturated heterocycles.